The Morgan fingerprint density at radius 2 is 1.91 bits per heavy atom. The molecule has 0 bridgehead atoms. The van der Waals surface area contributed by atoms with Gasteiger partial charge in [-0.3, -0.25) is 4.79 Å². The lowest BCUT2D eigenvalue weighted by atomic mass is 9.99. The van der Waals surface area contributed by atoms with E-state index < -0.39 is 5.82 Å². The van der Waals surface area contributed by atoms with Crippen LogP contribution in [-0.2, 0) is 29.1 Å². The molecule has 0 saturated carbocycles. The second-order valence-electron chi connectivity index (χ2n) is 7.39. The van der Waals surface area contributed by atoms with E-state index in [9.17, 15) is 9.18 Å². The zero-order chi connectivity index (χ0) is 22.5. The molecule has 4 rings (SSSR count). The SMILES string of the molecule is CCOC(=O)Cc1ccccc1OCc1cc(-c2cccc(CN)c2)c2occ(F)c2c1. The van der Waals surface area contributed by atoms with Crippen molar-refractivity contribution in [3.8, 4) is 16.9 Å². The third kappa shape index (κ3) is 4.65. The predicted molar refractivity (Wildman–Crippen MR) is 121 cm³/mol. The van der Waals surface area contributed by atoms with Gasteiger partial charge in [-0.05, 0) is 47.9 Å². The van der Waals surface area contributed by atoms with E-state index in [0.717, 1.165) is 34.1 Å². The number of carbonyl (C=O) groups is 1. The zero-order valence-corrected chi connectivity index (χ0v) is 17.8. The van der Waals surface area contributed by atoms with Crippen molar-refractivity contribution in [2.24, 2.45) is 5.73 Å². The summed E-state index contributed by atoms with van der Waals surface area (Å²) >= 11 is 0. The second-order valence-corrected chi connectivity index (χ2v) is 7.39. The van der Waals surface area contributed by atoms with Gasteiger partial charge in [0.1, 0.15) is 24.2 Å². The average molecular weight is 433 g/mol. The van der Waals surface area contributed by atoms with Crippen molar-refractivity contribution in [1.82, 2.24) is 0 Å². The molecule has 0 aliphatic carbocycles. The Balaban J connectivity index is 1.65. The van der Waals surface area contributed by atoms with E-state index in [1.54, 1.807) is 19.1 Å². The third-order valence-electron chi connectivity index (χ3n) is 5.17. The van der Waals surface area contributed by atoms with Crippen molar-refractivity contribution in [2.75, 3.05) is 6.61 Å². The first-order valence-electron chi connectivity index (χ1n) is 10.4. The average Bonchev–Trinajstić information content (AvgIpc) is 3.19. The van der Waals surface area contributed by atoms with Gasteiger partial charge in [-0.1, -0.05) is 36.4 Å². The molecule has 0 aliphatic heterocycles. The number of rotatable bonds is 8. The van der Waals surface area contributed by atoms with Gasteiger partial charge < -0.3 is 19.6 Å². The van der Waals surface area contributed by atoms with Crippen LogP contribution in [0.25, 0.3) is 22.1 Å². The number of ether oxygens (including phenoxy) is 2. The van der Waals surface area contributed by atoms with Gasteiger partial charge in [0.2, 0.25) is 0 Å². The van der Waals surface area contributed by atoms with Crippen molar-refractivity contribution in [2.45, 2.75) is 26.5 Å². The molecule has 5 nitrogen and oxygen atoms in total. The summed E-state index contributed by atoms with van der Waals surface area (Å²) < 4.78 is 31.0. The lowest BCUT2D eigenvalue weighted by Crippen LogP contribution is -2.09. The van der Waals surface area contributed by atoms with Crippen molar-refractivity contribution in [3.05, 3.63) is 89.4 Å². The number of nitrogens with two attached hydrogens (primary N) is 1. The summed E-state index contributed by atoms with van der Waals surface area (Å²) in [5.74, 6) is -0.159. The summed E-state index contributed by atoms with van der Waals surface area (Å²) in [6, 6.07) is 18.7. The van der Waals surface area contributed by atoms with E-state index in [2.05, 4.69) is 0 Å². The molecule has 32 heavy (non-hydrogen) atoms. The van der Waals surface area contributed by atoms with Crippen LogP contribution in [0.1, 0.15) is 23.6 Å². The molecule has 2 N–H and O–H groups in total. The van der Waals surface area contributed by atoms with E-state index >= 15 is 0 Å². The minimum Gasteiger partial charge on any atom is -0.489 e. The van der Waals surface area contributed by atoms with Gasteiger partial charge in [0, 0.05) is 17.7 Å². The number of esters is 1. The molecular weight excluding hydrogens is 409 g/mol. The van der Waals surface area contributed by atoms with Gasteiger partial charge in [-0.2, -0.15) is 0 Å². The Morgan fingerprint density at radius 1 is 1.06 bits per heavy atom. The number of furan rings is 1. The largest absolute Gasteiger partial charge is 0.489 e. The van der Waals surface area contributed by atoms with Crippen LogP contribution in [0.4, 0.5) is 4.39 Å². The maximum absolute atomic E-state index is 14.4. The molecule has 4 aromatic rings. The van der Waals surface area contributed by atoms with Crippen LogP contribution >= 0.6 is 0 Å². The fourth-order valence-electron chi connectivity index (χ4n) is 3.65. The van der Waals surface area contributed by atoms with Gasteiger partial charge in [0.25, 0.3) is 0 Å². The second kappa shape index (κ2) is 9.66. The Bertz CT molecular complexity index is 1250. The van der Waals surface area contributed by atoms with Gasteiger partial charge >= 0.3 is 5.97 Å². The normalized spacial score (nSPS) is 11.0. The molecule has 0 fully saturated rings. The fourth-order valence-corrected chi connectivity index (χ4v) is 3.65. The van der Waals surface area contributed by atoms with Gasteiger partial charge in [-0.15, -0.1) is 0 Å². The lowest BCUT2D eigenvalue weighted by Gasteiger charge is -2.13. The summed E-state index contributed by atoms with van der Waals surface area (Å²) in [5.41, 5.74) is 10.4. The molecule has 0 saturated heterocycles. The topological polar surface area (TPSA) is 74.7 Å². The van der Waals surface area contributed by atoms with Crippen molar-refractivity contribution < 1.29 is 23.1 Å². The van der Waals surface area contributed by atoms with Crippen LogP contribution in [0.2, 0.25) is 0 Å². The fraction of sp³-hybridized carbons (Fsp3) is 0.192. The highest BCUT2D eigenvalue weighted by molar-refractivity contribution is 5.93. The molecule has 0 radical (unpaired) electrons. The quantitative estimate of drug-likeness (QED) is 0.378. The van der Waals surface area contributed by atoms with Crippen LogP contribution in [0.15, 0.2) is 71.3 Å². The first kappa shape index (κ1) is 21.6. The maximum atomic E-state index is 14.4. The van der Waals surface area contributed by atoms with Crippen LogP contribution in [0, 0.1) is 5.82 Å². The number of hydrogen-bond acceptors (Lipinski definition) is 5. The Kier molecular flexibility index (Phi) is 6.52. The third-order valence-corrected chi connectivity index (χ3v) is 5.17. The predicted octanol–water partition coefficient (Wildman–Crippen LogP) is 5.38. The van der Waals surface area contributed by atoms with Crippen molar-refractivity contribution in [3.63, 3.8) is 0 Å². The summed E-state index contributed by atoms with van der Waals surface area (Å²) in [6.45, 7) is 2.70. The first-order valence-corrected chi connectivity index (χ1v) is 10.4. The van der Waals surface area contributed by atoms with E-state index in [1.165, 1.54) is 0 Å². The van der Waals surface area contributed by atoms with E-state index in [0.29, 0.717) is 29.9 Å². The number of halogens is 1. The van der Waals surface area contributed by atoms with Crippen LogP contribution < -0.4 is 10.5 Å². The van der Waals surface area contributed by atoms with Gasteiger partial charge in [0.15, 0.2) is 5.82 Å². The van der Waals surface area contributed by atoms with Crippen LogP contribution in [0.3, 0.4) is 0 Å². The highest BCUT2D eigenvalue weighted by Crippen LogP contribution is 2.34. The smallest absolute Gasteiger partial charge is 0.310 e. The Morgan fingerprint density at radius 3 is 2.72 bits per heavy atom. The highest BCUT2D eigenvalue weighted by atomic mass is 19.1. The minimum absolute atomic E-state index is 0.122. The van der Waals surface area contributed by atoms with Crippen LogP contribution in [-0.4, -0.2) is 12.6 Å². The Labute approximate surface area is 185 Å². The molecule has 0 unspecified atom stereocenters. The Hall–Kier alpha value is -3.64. The molecular formula is C26H24FNO4. The molecule has 0 atom stereocenters. The molecule has 6 heteroatoms. The van der Waals surface area contributed by atoms with Gasteiger partial charge in [-0.25, -0.2) is 4.39 Å². The molecule has 1 aromatic heterocycles. The minimum atomic E-state index is -0.430. The first-order chi connectivity index (χ1) is 15.6. The molecule has 0 spiro atoms. The zero-order valence-electron chi connectivity index (χ0n) is 17.8. The number of carbonyl (C=O) groups excluding carboxylic acids is 1. The van der Waals surface area contributed by atoms with Crippen molar-refractivity contribution in [1.29, 1.82) is 0 Å². The van der Waals surface area contributed by atoms with E-state index in [1.807, 2.05) is 48.5 Å². The van der Waals surface area contributed by atoms with E-state index in [4.69, 9.17) is 19.6 Å². The molecule has 164 valence electrons. The molecule has 3 aromatic carbocycles. The molecule has 1 heterocycles. The summed E-state index contributed by atoms with van der Waals surface area (Å²) in [5, 5.41) is 0.388. The molecule has 0 aliphatic rings. The molecule has 0 amide bonds. The highest BCUT2D eigenvalue weighted by Gasteiger charge is 2.15. The van der Waals surface area contributed by atoms with Gasteiger partial charge in [0.05, 0.1) is 18.4 Å². The summed E-state index contributed by atoms with van der Waals surface area (Å²) in [4.78, 5) is 11.9. The summed E-state index contributed by atoms with van der Waals surface area (Å²) in [7, 11) is 0. The number of benzene rings is 3. The van der Waals surface area contributed by atoms with Crippen LogP contribution in [0.5, 0.6) is 5.75 Å². The summed E-state index contributed by atoms with van der Waals surface area (Å²) in [6.07, 6.45) is 1.23. The lowest BCUT2D eigenvalue weighted by molar-refractivity contribution is -0.142. The standard InChI is InChI=1S/C26H24FNO4/c1-2-30-25(29)13-20-7-3-4-9-24(20)31-15-18-11-21(19-8-5-6-17(10-19)14-28)26-22(12-18)23(27)16-32-26/h3-12,16H,2,13-15,28H2,1H3. The van der Waals surface area contributed by atoms with Crippen molar-refractivity contribution >= 4 is 16.9 Å². The number of hydrogen-bond donors (Lipinski definition) is 1. The maximum Gasteiger partial charge on any atom is 0.310 e. The monoisotopic (exact) mass is 433 g/mol. The van der Waals surface area contributed by atoms with E-state index in [-0.39, 0.29) is 19.0 Å². The number of fused-ring (bicyclic) bond motifs is 1. The number of para-hydroxylation sites is 1.